The standard InChI is InChI=1S/C15H12ClN3O2S/c1-10-2-4-11(5-3-10)9-22(20,21)15-17-13-7-6-12(16)8-14(13)18-19-15/h2-8H,9H2,1H3. The van der Waals surface area contributed by atoms with Crippen molar-refractivity contribution in [2.75, 3.05) is 0 Å². The predicted molar refractivity (Wildman–Crippen MR) is 84.4 cm³/mol. The molecular formula is C15H12ClN3O2S. The number of hydrogen-bond acceptors (Lipinski definition) is 5. The van der Waals surface area contributed by atoms with Crippen molar-refractivity contribution < 1.29 is 8.42 Å². The van der Waals surface area contributed by atoms with E-state index < -0.39 is 9.84 Å². The minimum absolute atomic E-state index is 0.159. The molecule has 22 heavy (non-hydrogen) atoms. The van der Waals surface area contributed by atoms with E-state index in [9.17, 15) is 8.42 Å². The summed E-state index contributed by atoms with van der Waals surface area (Å²) >= 11 is 5.85. The largest absolute Gasteiger partial charge is 0.268 e. The fraction of sp³-hybridized carbons (Fsp3) is 0.133. The molecule has 2 aromatic carbocycles. The summed E-state index contributed by atoms with van der Waals surface area (Å²) in [7, 11) is -3.65. The van der Waals surface area contributed by atoms with Crippen LogP contribution in [0.5, 0.6) is 0 Å². The van der Waals surface area contributed by atoms with Crippen LogP contribution in [0.2, 0.25) is 5.02 Å². The molecule has 0 saturated carbocycles. The highest BCUT2D eigenvalue weighted by molar-refractivity contribution is 7.90. The number of hydrogen-bond donors (Lipinski definition) is 0. The van der Waals surface area contributed by atoms with E-state index in [1.54, 1.807) is 30.3 Å². The van der Waals surface area contributed by atoms with Crippen molar-refractivity contribution in [1.29, 1.82) is 0 Å². The van der Waals surface area contributed by atoms with Crippen LogP contribution in [-0.4, -0.2) is 23.6 Å². The molecule has 0 bridgehead atoms. The highest BCUT2D eigenvalue weighted by atomic mass is 35.5. The second kappa shape index (κ2) is 5.62. The Bertz CT molecular complexity index is 941. The lowest BCUT2D eigenvalue weighted by molar-refractivity contribution is 0.584. The van der Waals surface area contributed by atoms with Gasteiger partial charge < -0.3 is 0 Å². The molecule has 0 amide bonds. The van der Waals surface area contributed by atoms with Crippen LogP contribution < -0.4 is 0 Å². The maximum atomic E-state index is 12.4. The lowest BCUT2D eigenvalue weighted by atomic mass is 10.2. The average Bonchev–Trinajstić information content (AvgIpc) is 2.49. The van der Waals surface area contributed by atoms with Gasteiger partial charge in [-0.15, -0.1) is 10.2 Å². The van der Waals surface area contributed by atoms with E-state index in [2.05, 4.69) is 15.2 Å². The van der Waals surface area contributed by atoms with Crippen molar-refractivity contribution >= 4 is 32.5 Å². The lowest BCUT2D eigenvalue weighted by Crippen LogP contribution is -2.10. The lowest BCUT2D eigenvalue weighted by Gasteiger charge is -2.04. The Labute approximate surface area is 132 Å². The van der Waals surface area contributed by atoms with Crippen LogP contribution in [0, 0.1) is 6.92 Å². The van der Waals surface area contributed by atoms with E-state index in [-0.39, 0.29) is 10.9 Å². The van der Waals surface area contributed by atoms with Crippen LogP contribution >= 0.6 is 11.6 Å². The molecule has 0 atom stereocenters. The summed E-state index contributed by atoms with van der Waals surface area (Å²) in [5.41, 5.74) is 2.66. The summed E-state index contributed by atoms with van der Waals surface area (Å²) in [6, 6.07) is 12.1. The van der Waals surface area contributed by atoms with E-state index in [0.29, 0.717) is 21.6 Å². The first-order valence-electron chi connectivity index (χ1n) is 6.52. The van der Waals surface area contributed by atoms with Gasteiger partial charge in [-0.2, -0.15) is 0 Å². The highest BCUT2D eigenvalue weighted by Gasteiger charge is 2.20. The molecule has 0 spiro atoms. The number of benzene rings is 2. The maximum absolute atomic E-state index is 12.4. The molecule has 0 fully saturated rings. The maximum Gasteiger partial charge on any atom is 0.268 e. The zero-order valence-corrected chi connectivity index (χ0v) is 13.3. The first-order chi connectivity index (χ1) is 10.4. The molecule has 112 valence electrons. The zero-order valence-electron chi connectivity index (χ0n) is 11.7. The third-order valence-corrected chi connectivity index (χ3v) is 4.83. The van der Waals surface area contributed by atoms with Crippen LogP contribution in [0.1, 0.15) is 11.1 Å². The van der Waals surface area contributed by atoms with E-state index in [1.165, 1.54) is 0 Å². The van der Waals surface area contributed by atoms with Crippen molar-refractivity contribution in [1.82, 2.24) is 15.2 Å². The molecule has 3 rings (SSSR count). The Hall–Kier alpha value is -2.05. The normalized spacial score (nSPS) is 11.7. The average molecular weight is 334 g/mol. The van der Waals surface area contributed by atoms with Crippen LogP contribution in [0.4, 0.5) is 0 Å². The Morgan fingerprint density at radius 2 is 1.73 bits per heavy atom. The molecule has 0 aliphatic rings. The van der Waals surface area contributed by atoms with E-state index in [1.807, 2.05) is 19.1 Å². The van der Waals surface area contributed by atoms with Gasteiger partial charge in [0.25, 0.3) is 5.16 Å². The van der Waals surface area contributed by atoms with Gasteiger partial charge in [0.1, 0.15) is 5.52 Å². The molecule has 0 unspecified atom stereocenters. The van der Waals surface area contributed by atoms with Crippen molar-refractivity contribution in [3.63, 3.8) is 0 Å². The second-order valence-corrected chi connectivity index (χ2v) is 7.29. The Kier molecular flexibility index (Phi) is 3.80. The Morgan fingerprint density at radius 1 is 1.00 bits per heavy atom. The number of halogens is 1. The van der Waals surface area contributed by atoms with E-state index in [4.69, 9.17) is 11.6 Å². The fourth-order valence-electron chi connectivity index (χ4n) is 1.99. The summed E-state index contributed by atoms with van der Waals surface area (Å²) in [5.74, 6) is -0.159. The summed E-state index contributed by atoms with van der Waals surface area (Å²) in [4.78, 5) is 4.08. The van der Waals surface area contributed by atoms with Crippen molar-refractivity contribution in [3.05, 3.63) is 58.6 Å². The number of aromatic nitrogens is 3. The van der Waals surface area contributed by atoms with Gasteiger partial charge in [-0.3, -0.25) is 0 Å². The molecule has 1 heterocycles. The van der Waals surface area contributed by atoms with Gasteiger partial charge in [-0.05, 0) is 30.7 Å². The van der Waals surface area contributed by atoms with Gasteiger partial charge in [0.15, 0.2) is 0 Å². The van der Waals surface area contributed by atoms with Crippen molar-refractivity contribution in [2.45, 2.75) is 17.8 Å². The number of nitrogens with zero attached hydrogens (tertiary/aromatic N) is 3. The fourth-order valence-corrected chi connectivity index (χ4v) is 3.32. The van der Waals surface area contributed by atoms with Crippen LogP contribution in [0.25, 0.3) is 11.0 Å². The highest BCUT2D eigenvalue weighted by Crippen LogP contribution is 2.18. The smallest absolute Gasteiger partial charge is 0.220 e. The third kappa shape index (κ3) is 3.08. The molecule has 0 N–H and O–H groups in total. The Balaban J connectivity index is 1.97. The number of rotatable bonds is 3. The molecule has 3 aromatic rings. The van der Waals surface area contributed by atoms with Crippen LogP contribution in [0.3, 0.4) is 0 Å². The van der Waals surface area contributed by atoms with E-state index >= 15 is 0 Å². The van der Waals surface area contributed by atoms with Crippen LogP contribution in [-0.2, 0) is 15.6 Å². The minimum atomic E-state index is -3.65. The summed E-state index contributed by atoms with van der Waals surface area (Å²) < 4.78 is 24.8. The molecular weight excluding hydrogens is 322 g/mol. The zero-order chi connectivity index (χ0) is 15.7. The topological polar surface area (TPSA) is 72.8 Å². The number of fused-ring (bicyclic) bond motifs is 1. The monoisotopic (exact) mass is 333 g/mol. The van der Waals surface area contributed by atoms with Crippen molar-refractivity contribution in [3.8, 4) is 0 Å². The van der Waals surface area contributed by atoms with Gasteiger partial charge in [0.05, 0.1) is 11.3 Å². The van der Waals surface area contributed by atoms with Gasteiger partial charge >= 0.3 is 0 Å². The molecule has 0 saturated heterocycles. The van der Waals surface area contributed by atoms with Gasteiger partial charge in [-0.25, -0.2) is 13.4 Å². The van der Waals surface area contributed by atoms with E-state index in [0.717, 1.165) is 5.56 Å². The van der Waals surface area contributed by atoms with Crippen LogP contribution in [0.15, 0.2) is 47.6 Å². The molecule has 0 aliphatic heterocycles. The second-order valence-electron chi connectivity index (χ2n) is 4.97. The Morgan fingerprint density at radius 3 is 2.45 bits per heavy atom. The van der Waals surface area contributed by atoms with Crippen molar-refractivity contribution in [2.24, 2.45) is 0 Å². The summed E-state index contributed by atoms with van der Waals surface area (Å²) in [6.07, 6.45) is 0. The van der Waals surface area contributed by atoms with Gasteiger partial charge in [0.2, 0.25) is 9.84 Å². The SMILES string of the molecule is Cc1ccc(CS(=O)(=O)c2nnc3cc(Cl)ccc3n2)cc1. The minimum Gasteiger partial charge on any atom is -0.220 e. The first kappa shape index (κ1) is 14.9. The molecule has 7 heteroatoms. The van der Waals surface area contributed by atoms with Gasteiger partial charge in [0, 0.05) is 5.02 Å². The predicted octanol–water partition coefficient (Wildman–Crippen LogP) is 2.96. The van der Waals surface area contributed by atoms with Gasteiger partial charge in [-0.1, -0.05) is 41.4 Å². The molecule has 0 radical (unpaired) electrons. The third-order valence-electron chi connectivity index (χ3n) is 3.15. The number of aryl methyl sites for hydroxylation is 1. The molecule has 1 aromatic heterocycles. The summed E-state index contributed by atoms with van der Waals surface area (Å²) in [5, 5.41) is 7.84. The molecule has 0 aliphatic carbocycles. The summed E-state index contributed by atoms with van der Waals surface area (Å²) in [6.45, 7) is 1.94. The number of sulfone groups is 1. The first-order valence-corrected chi connectivity index (χ1v) is 8.55. The quantitative estimate of drug-likeness (QED) is 0.736. The molecule has 5 nitrogen and oxygen atoms in total.